The number of likely N-dealkylation sites (tertiary alicyclic amines) is 1. The van der Waals surface area contributed by atoms with Crippen LogP contribution in [-0.4, -0.2) is 51.7 Å². The van der Waals surface area contributed by atoms with Gasteiger partial charge in [0.15, 0.2) is 0 Å². The van der Waals surface area contributed by atoms with Crippen LogP contribution in [0, 0.1) is 6.92 Å². The van der Waals surface area contributed by atoms with Crippen LogP contribution in [-0.2, 0) is 13.1 Å². The Morgan fingerprint density at radius 1 is 1.06 bits per heavy atom. The van der Waals surface area contributed by atoms with Gasteiger partial charge in [-0.1, -0.05) is 29.8 Å². The maximum atomic E-state index is 10.9. The predicted octanol–water partition coefficient (Wildman–Crippen LogP) is 4.33. The second-order valence-corrected chi connectivity index (χ2v) is 8.96. The molecule has 2 heterocycles. The van der Waals surface area contributed by atoms with E-state index < -0.39 is 5.60 Å². The quantitative estimate of drug-likeness (QED) is 0.520. The van der Waals surface area contributed by atoms with E-state index in [1.54, 1.807) is 6.07 Å². The van der Waals surface area contributed by atoms with E-state index in [4.69, 9.17) is 21.1 Å². The smallest absolute Gasteiger partial charge is 0.120 e. The molecule has 1 saturated heterocycles. The number of benzene rings is 2. The Morgan fingerprint density at radius 2 is 1.81 bits per heavy atom. The molecule has 0 bridgehead atoms. The number of piperidine rings is 1. The molecular weight excluding hydrogens is 426 g/mol. The van der Waals surface area contributed by atoms with Crippen LogP contribution in [0.3, 0.4) is 0 Å². The lowest BCUT2D eigenvalue weighted by molar-refractivity contribution is -0.0537. The van der Waals surface area contributed by atoms with Crippen LogP contribution >= 0.6 is 11.6 Å². The fourth-order valence-electron chi connectivity index (χ4n) is 3.88. The van der Waals surface area contributed by atoms with Gasteiger partial charge < -0.3 is 14.6 Å². The van der Waals surface area contributed by atoms with E-state index in [1.165, 1.54) is 5.56 Å². The number of nitrogens with zero attached hydrogens (tertiary/aromatic N) is 3. The van der Waals surface area contributed by atoms with Crippen LogP contribution in [0.5, 0.6) is 11.5 Å². The highest BCUT2D eigenvalue weighted by Crippen LogP contribution is 2.26. The van der Waals surface area contributed by atoms with Crippen molar-refractivity contribution in [3.05, 3.63) is 77.1 Å². The van der Waals surface area contributed by atoms with Crippen molar-refractivity contribution in [2.24, 2.45) is 0 Å². The summed E-state index contributed by atoms with van der Waals surface area (Å²) in [7, 11) is 0. The molecule has 0 aliphatic carbocycles. The van der Waals surface area contributed by atoms with E-state index in [-0.39, 0.29) is 6.61 Å². The maximum Gasteiger partial charge on any atom is 0.120 e. The van der Waals surface area contributed by atoms with Crippen molar-refractivity contribution in [2.45, 2.75) is 38.5 Å². The molecule has 2 aromatic carbocycles. The number of halogens is 1. The van der Waals surface area contributed by atoms with Crippen molar-refractivity contribution >= 4 is 11.6 Å². The lowest BCUT2D eigenvalue weighted by Crippen LogP contribution is -2.47. The summed E-state index contributed by atoms with van der Waals surface area (Å²) in [4.78, 5) is 2.36. The minimum atomic E-state index is -0.811. The molecular formula is C25H30ClN3O3. The molecule has 1 fully saturated rings. The van der Waals surface area contributed by atoms with Gasteiger partial charge >= 0.3 is 0 Å². The standard InChI is InChI=1S/C25H30ClN3O3/c1-20-16-27-29(17-20)12-13-31-23-6-2-4-21(14-23)18-28-10-8-25(30,9-11-28)19-32-24-7-3-5-22(26)15-24/h2-7,14-17,30H,8-13,18-19H2,1H3. The van der Waals surface area contributed by atoms with Gasteiger partial charge in [-0.15, -0.1) is 0 Å². The minimum Gasteiger partial charge on any atom is -0.492 e. The number of hydrogen-bond donors (Lipinski definition) is 1. The summed E-state index contributed by atoms with van der Waals surface area (Å²) in [5.41, 5.74) is 1.55. The summed E-state index contributed by atoms with van der Waals surface area (Å²) < 4.78 is 13.6. The SMILES string of the molecule is Cc1cnn(CCOc2cccc(CN3CCC(O)(COc4cccc(Cl)c4)CC3)c2)c1. The molecule has 6 nitrogen and oxygen atoms in total. The zero-order valence-electron chi connectivity index (χ0n) is 18.4. The number of hydrogen-bond acceptors (Lipinski definition) is 5. The molecule has 0 saturated carbocycles. The fourth-order valence-corrected chi connectivity index (χ4v) is 4.06. The van der Waals surface area contributed by atoms with Crippen molar-refractivity contribution in [3.63, 3.8) is 0 Å². The largest absolute Gasteiger partial charge is 0.492 e. The fraction of sp³-hybridized carbons (Fsp3) is 0.400. The molecule has 0 atom stereocenters. The van der Waals surface area contributed by atoms with E-state index >= 15 is 0 Å². The first-order chi connectivity index (χ1) is 15.5. The second kappa shape index (κ2) is 10.4. The third-order valence-corrected chi connectivity index (χ3v) is 5.98. The van der Waals surface area contributed by atoms with E-state index in [2.05, 4.69) is 22.1 Å². The average molecular weight is 456 g/mol. The number of aryl methyl sites for hydroxylation is 1. The molecule has 7 heteroatoms. The Morgan fingerprint density at radius 3 is 2.53 bits per heavy atom. The Hall–Kier alpha value is -2.54. The van der Waals surface area contributed by atoms with Crippen LogP contribution in [0.1, 0.15) is 24.0 Å². The monoisotopic (exact) mass is 455 g/mol. The highest BCUT2D eigenvalue weighted by molar-refractivity contribution is 6.30. The summed E-state index contributed by atoms with van der Waals surface area (Å²) in [5, 5.41) is 15.8. The summed E-state index contributed by atoms with van der Waals surface area (Å²) in [6.45, 7) is 6.08. The molecule has 0 unspecified atom stereocenters. The maximum absolute atomic E-state index is 10.9. The second-order valence-electron chi connectivity index (χ2n) is 8.52. The van der Waals surface area contributed by atoms with Crippen molar-refractivity contribution in [1.29, 1.82) is 0 Å². The van der Waals surface area contributed by atoms with Gasteiger partial charge in [-0.2, -0.15) is 5.10 Å². The van der Waals surface area contributed by atoms with Gasteiger partial charge in [0, 0.05) is 30.9 Å². The Kier molecular flexibility index (Phi) is 7.35. The van der Waals surface area contributed by atoms with Gasteiger partial charge in [0.1, 0.15) is 30.3 Å². The highest BCUT2D eigenvalue weighted by Gasteiger charge is 2.33. The molecule has 1 aromatic heterocycles. The van der Waals surface area contributed by atoms with Crippen LogP contribution < -0.4 is 9.47 Å². The normalized spacial score (nSPS) is 16.1. The van der Waals surface area contributed by atoms with Crippen LogP contribution in [0.2, 0.25) is 5.02 Å². The first-order valence-corrected chi connectivity index (χ1v) is 11.4. The third-order valence-electron chi connectivity index (χ3n) is 5.75. The number of aliphatic hydroxyl groups is 1. The molecule has 4 rings (SSSR count). The molecule has 1 N–H and O–H groups in total. The molecule has 1 aliphatic rings. The van der Waals surface area contributed by atoms with E-state index in [0.717, 1.165) is 37.5 Å². The number of ether oxygens (including phenoxy) is 2. The Labute approximate surface area is 194 Å². The third kappa shape index (κ3) is 6.48. The summed E-state index contributed by atoms with van der Waals surface area (Å²) in [6, 6.07) is 15.5. The van der Waals surface area contributed by atoms with Gasteiger partial charge in [-0.25, -0.2) is 0 Å². The molecule has 0 spiro atoms. The molecule has 0 radical (unpaired) electrons. The molecule has 1 aliphatic heterocycles. The van der Waals surface area contributed by atoms with E-state index in [0.29, 0.717) is 30.2 Å². The van der Waals surface area contributed by atoms with Crippen molar-refractivity contribution in [3.8, 4) is 11.5 Å². The van der Waals surface area contributed by atoms with E-state index in [1.807, 2.05) is 54.3 Å². The first kappa shape index (κ1) is 22.6. The zero-order chi connectivity index (χ0) is 22.4. The predicted molar refractivity (Wildman–Crippen MR) is 125 cm³/mol. The van der Waals surface area contributed by atoms with Gasteiger partial charge in [0.05, 0.1) is 12.7 Å². The zero-order valence-corrected chi connectivity index (χ0v) is 19.2. The highest BCUT2D eigenvalue weighted by atomic mass is 35.5. The molecule has 32 heavy (non-hydrogen) atoms. The Bertz CT molecular complexity index is 1010. The van der Waals surface area contributed by atoms with E-state index in [9.17, 15) is 5.11 Å². The van der Waals surface area contributed by atoms with Crippen LogP contribution in [0.15, 0.2) is 60.9 Å². The minimum absolute atomic E-state index is 0.278. The number of aromatic nitrogens is 2. The molecule has 170 valence electrons. The molecule has 0 amide bonds. The van der Waals surface area contributed by atoms with Crippen molar-refractivity contribution in [1.82, 2.24) is 14.7 Å². The lowest BCUT2D eigenvalue weighted by Gasteiger charge is -2.38. The first-order valence-electron chi connectivity index (χ1n) is 11.0. The molecule has 3 aromatic rings. The summed E-state index contributed by atoms with van der Waals surface area (Å²) >= 11 is 6.00. The summed E-state index contributed by atoms with van der Waals surface area (Å²) in [6.07, 6.45) is 5.21. The van der Waals surface area contributed by atoms with Crippen LogP contribution in [0.4, 0.5) is 0 Å². The van der Waals surface area contributed by atoms with Gasteiger partial charge in [-0.05, 0) is 61.2 Å². The van der Waals surface area contributed by atoms with Crippen LogP contribution in [0.25, 0.3) is 0 Å². The number of rotatable bonds is 9. The average Bonchev–Trinajstić information content (AvgIpc) is 3.20. The van der Waals surface area contributed by atoms with Gasteiger partial charge in [-0.3, -0.25) is 9.58 Å². The van der Waals surface area contributed by atoms with Gasteiger partial charge in [0.25, 0.3) is 0 Å². The summed E-state index contributed by atoms with van der Waals surface area (Å²) in [5.74, 6) is 1.56. The Balaban J connectivity index is 1.22. The topological polar surface area (TPSA) is 59.8 Å². The van der Waals surface area contributed by atoms with Crippen molar-refractivity contribution in [2.75, 3.05) is 26.3 Å². The van der Waals surface area contributed by atoms with Gasteiger partial charge in [0.2, 0.25) is 0 Å². The lowest BCUT2D eigenvalue weighted by atomic mass is 9.92. The van der Waals surface area contributed by atoms with Crippen molar-refractivity contribution < 1.29 is 14.6 Å².